The molecule has 0 spiro atoms. The Bertz CT molecular complexity index is 1210. The molecule has 3 N–H and O–H groups in total. The van der Waals surface area contributed by atoms with E-state index in [1.54, 1.807) is 12.2 Å². The van der Waals surface area contributed by atoms with Crippen LogP contribution in [0.1, 0.15) is 46.4 Å². The second kappa shape index (κ2) is 12.3. The van der Waals surface area contributed by atoms with E-state index in [2.05, 4.69) is 44.0 Å². The Hall–Kier alpha value is -4.27. The van der Waals surface area contributed by atoms with E-state index in [1.165, 1.54) is 18.7 Å². The molecule has 1 saturated carbocycles. The average molecular weight is 515 g/mol. The third-order valence-electron chi connectivity index (χ3n) is 7.06. The van der Waals surface area contributed by atoms with Crippen LogP contribution < -0.4 is 20.9 Å². The quantitative estimate of drug-likeness (QED) is 0.397. The minimum absolute atomic E-state index is 0.134. The van der Waals surface area contributed by atoms with E-state index in [4.69, 9.17) is 0 Å². The lowest BCUT2D eigenvalue weighted by atomic mass is 9.95. The molecule has 1 aliphatic carbocycles. The molecule has 2 aromatic rings. The highest BCUT2D eigenvalue weighted by molar-refractivity contribution is 6.01. The van der Waals surface area contributed by atoms with Crippen molar-refractivity contribution in [3.63, 3.8) is 0 Å². The molecule has 9 heteroatoms. The first-order valence-electron chi connectivity index (χ1n) is 12.9. The summed E-state index contributed by atoms with van der Waals surface area (Å²) in [6, 6.07) is 7.62. The number of anilines is 1. The van der Waals surface area contributed by atoms with Crippen LogP contribution in [-0.2, 0) is 4.79 Å². The number of carbonyl (C=O) groups excluding carboxylic acids is 3. The summed E-state index contributed by atoms with van der Waals surface area (Å²) in [5, 5.41) is 8.87. The zero-order valence-corrected chi connectivity index (χ0v) is 21.5. The molecule has 1 aromatic heterocycles. The van der Waals surface area contributed by atoms with Gasteiger partial charge in [0.25, 0.3) is 11.8 Å². The minimum atomic E-state index is -0.841. The number of allylic oxidation sites excluding steroid dienone is 2. The maximum absolute atomic E-state index is 12.9. The maximum Gasteiger partial charge on any atom is 0.255 e. The first kappa shape index (κ1) is 26.8. The third-order valence-corrected chi connectivity index (χ3v) is 7.06. The molecule has 0 unspecified atom stereocenters. The molecule has 2 heterocycles. The van der Waals surface area contributed by atoms with E-state index >= 15 is 0 Å². The van der Waals surface area contributed by atoms with E-state index in [9.17, 15) is 14.4 Å². The lowest BCUT2D eigenvalue weighted by Crippen LogP contribution is -2.50. The lowest BCUT2D eigenvalue weighted by molar-refractivity contribution is -0.124. The molecule has 1 saturated heterocycles. The number of rotatable bonds is 11. The maximum atomic E-state index is 12.9. The molecule has 2 fully saturated rings. The molecule has 1 aromatic carbocycles. The van der Waals surface area contributed by atoms with Gasteiger partial charge in [0.05, 0.1) is 11.1 Å². The molecule has 38 heavy (non-hydrogen) atoms. The van der Waals surface area contributed by atoms with Crippen LogP contribution in [0.15, 0.2) is 79.9 Å². The predicted molar refractivity (Wildman–Crippen MR) is 147 cm³/mol. The topological polar surface area (TPSA) is 116 Å². The highest BCUT2D eigenvalue weighted by atomic mass is 16.2. The SMILES string of the molecule is C=C/C=C(\C=C)CNC(=O)c1ccccc1N1CCC(CNC(=O)C2(NC(=O)c3cncnc3)CC2)CC1. The van der Waals surface area contributed by atoms with Crippen molar-refractivity contribution in [3.8, 4) is 0 Å². The van der Waals surface area contributed by atoms with Gasteiger partial charge >= 0.3 is 0 Å². The number of nitrogens with one attached hydrogen (secondary N) is 3. The van der Waals surface area contributed by atoms with E-state index in [-0.39, 0.29) is 17.7 Å². The molecule has 3 amide bonds. The van der Waals surface area contributed by atoms with Gasteiger partial charge in [-0.2, -0.15) is 0 Å². The van der Waals surface area contributed by atoms with Crippen LogP contribution in [0.3, 0.4) is 0 Å². The van der Waals surface area contributed by atoms with Gasteiger partial charge in [-0.3, -0.25) is 14.4 Å². The zero-order valence-electron chi connectivity index (χ0n) is 21.5. The number of para-hydroxylation sites is 1. The number of carbonyl (C=O) groups is 3. The highest BCUT2D eigenvalue weighted by Gasteiger charge is 2.51. The van der Waals surface area contributed by atoms with Gasteiger partial charge in [0.15, 0.2) is 0 Å². The fraction of sp³-hybridized carbons (Fsp3) is 0.345. The lowest BCUT2D eigenvalue weighted by Gasteiger charge is -2.35. The fourth-order valence-electron chi connectivity index (χ4n) is 4.59. The monoisotopic (exact) mass is 514 g/mol. The Kier molecular flexibility index (Phi) is 8.68. The number of hydrogen-bond acceptors (Lipinski definition) is 6. The summed E-state index contributed by atoms with van der Waals surface area (Å²) >= 11 is 0. The molecule has 1 aliphatic heterocycles. The van der Waals surface area contributed by atoms with Gasteiger partial charge in [0, 0.05) is 44.3 Å². The van der Waals surface area contributed by atoms with E-state index in [0.29, 0.717) is 43.0 Å². The van der Waals surface area contributed by atoms with Crippen LogP contribution in [0.25, 0.3) is 0 Å². The number of amides is 3. The first-order valence-corrected chi connectivity index (χ1v) is 12.9. The third kappa shape index (κ3) is 6.53. The molecule has 198 valence electrons. The predicted octanol–water partition coefficient (Wildman–Crippen LogP) is 2.80. The molecule has 9 nitrogen and oxygen atoms in total. The molecule has 0 radical (unpaired) electrons. The first-order chi connectivity index (χ1) is 18.5. The van der Waals surface area contributed by atoms with Crippen molar-refractivity contribution in [2.45, 2.75) is 31.2 Å². The Morgan fingerprint density at radius 1 is 1.03 bits per heavy atom. The number of hydrogen-bond donors (Lipinski definition) is 3. The van der Waals surface area contributed by atoms with E-state index in [0.717, 1.165) is 37.2 Å². The number of benzene rings is 1. The molecule has 4 rings (SSSR count). The zero-order chi connectivity index (χ0) is 27.0. The Balaban J connectivity index is 1.27. The summed E-state index contributed by atoms with van der Waals surface area (Å²) in [7, 11) is 0. The second-order valence-corrected chi connectivity index (χ2v) is 9.69. The van der Waals surface area contributed by atoms with Crippen LogP contribution in [0.5, 0.6) is 0 Å². The summed E-state index contributed by atoms with van der Waals surface area (Å²) in [5.74, 6) is -0.293. The average Bonchev–Trinajstić information content (AvgIpc) is 3.75. The van der Waals surface area contributed by atoms with Crippen molar-refractivity contribution in [2.24, 2.45) is 5.92 Å². The summed E-state index contributed by atoms with van der Waals surface area (Å²) in [6.07, 6.45) is 12.4. The van der Waals surface area contributed by atoms with Crippen LogP contribution >= 0.6 is 0 Å². The summed E-state index contributed by atoms with van der Waals surface area (Å²) in [4.78, 5) is 48.2. The van der Waals surface area contributed by atoms with Crippen LogP contribution in [0.4, 0.5) is 5.69 Å². The van der Waals surface area contributed by atoms with Crippen molar-refractivity contribution in [1.29, 1.82) is 0 Å². The van der Waals surface area contributed by atoms with Gasteiger partial charge in [-0.05, 0) is 49.3 Å². The summed E-state index contributed by atoms with van der Waals surface area (Å²) < 4.78 is 0. The molecule has 0 atom stereocenters. The Morgan fingerprint density at radius 2 is 1.74 bits per heavy atom. The van der Waals surface area contributed by atoms with Crippen LogP contribution in [0.2, 0.25) is 0 Å². The normalized spacial score (nSPS) is 16.7. The van der Waals surface area contributed by atoms with Crippen LogP contribution in [0, 0.1) is 5.92 Å². The van der Waals surface area contributed by atoms with Gasteiger partial charge in [-0.1, -0.05) is 43.5 Å². The second-order valence-electron chi connectivity index (χ2n) is 9.69. The van der Waals surface area contributed by atoms with Crippen molar-refractivity contribution in [1.82, 2.24) is 25.9 Å². The van der Waals surface area contributed by atoms with E-state index in [1.807, 2.05) is 30.3 Å². The largest absolute Gasteiger partial charge is 0.371 e. The molecular formula is C29H34N6O3. The Morgan fingerprint density at radius 3 is 2.39 bits per heavy atom. The van der Waals surface area contributed by atoms with Gasteiger partial charge < -0.3 is 20.9 Å². The van der Waals surface area contributed by atoms with Crippen molar-refractivity contribution < 1.29 is 14.4 Å². The number of piperidine rings is 1. The van der Waals surface area contributed by atoms with Gasteiger partial charge in [0.1, 0.15) is 11.9 Å². The van der Waals surface area contributed by atoms with Gasteiger partial charge in [-0.25, -0.2) is 9.97 Å². The Labute approximate surface area is 223 Å². The highest BCUT2D eigenvalue weighted by Crippen LogP contribution is 2.36. The smallest absolute Gasteiger partial charge is 0.255 e. The van der Waals surface area contributed by atoms with Gasteiger partial charge in [0.2, 0.25) is 5.91 Å². The standard InChI is InChI=1S/C29H34N6O3/c1-3-7-21(4-2)16-32-27(37)24-8-5-6-9-25(24)35-14-10-22(11-15-35)17-33-28(38)29(12-13-29)34-26(36)23-18-30-20-31-19-23/h3-9,18-20,22H,1-2,10-17H2,(H,32,37)(H,33,38)(H,34,36)/b21-7+. The van der Waals surface area contributed by atoms with Crippen molar-refractivity contribution in [3.05, 3.63) is 91.1 Å². The number of nitrogens with zero attached hydrogens (tertiary/aromatic N) is 3. The van der Waals surface area contributed by atoms with Gasteiger partial charge in [-0.15, -0.1) is 0 Å². The minimum Gasteiger partial charge on any atom is -0.371 e. The summed E-state index contributed by atoms with van der Waals surface area (Å²) in [6.45, 7) is 9.97. The molecule has 0 bridgehead atoms. The summed E-state index contributed by atoms with van der Waals surface area (Å²) in [5.41, 5.74) is 1.92. The molecular weight excluding hydrogens is 480 g/mol. The van der Waals surface area contributed by atoms with Crippen molar-refractivity contribution in [2.75, 3.05) is 31.1 Å². The van der Waals surface area contributed by atoms with Crippen molar-refractivity contribution >= 4 is 23.4 Å². The fourth-order valence-corrected chi connectivity index (χ4v) is 4.59. The molecule has 2 aliphatic rings. The van der Waals surface area contributed by atoms with E-state index < -0.39 is 5.54 Å². The van der Waals surface area contributed by atoms with Crippen LogP contribution in [-0.4, -0.2) is 59.4 Å². The number of aromatic nitrogens is 2.